The van der Waals surface area contributed by atoms with Crippen LogP contribution in [0.5, 0.6) is 0 Å². The molecule has 30 heavy (non-hydrogen) atoms. The van der Waals surface area contributed by atoms with Gasteiger partial charge >= 0.3 is 5.97 Å². The van der Waals surface area contributed by atoms with Gasteiger partial charge in [-0.05, 0) is 6.42 Å². The van der Waals surface area contributed by atoms with Crippen LogP contribution < -0.4 is 0 Å². The number of ether oxygens (including phenoxy) is 6. The molecule has 0 heterocycles. The smallest absolute Gasteiger partial charge is 0.305 e. The van der Waals surface area contributed by atoms with Gasteiger partial charge in [0.2, 0.25) is 0 Å². The van der Waals surface area contributed by atoms with Crippen molar-refractivity contribution >= 4 is 5.97 Å². The summed E-state index contributed by atoms with van der Waals surface area (Å²) in [5.74, 6) is -0.131. The molecule has 7 nitrogen and oxygen atoms in total. The van der Waals surface area contributed by atoms with Crippen molar-refractivity contribution in [3.63, 3.8) is 0 Å². The van der Waals surface area contributed by atoms with E-state index in [-0.39, 0.29) is 5.97 Å². The van der Waals surface area contributed by atoms with Crippen molar-refractivity contribution in [1.82, 2.24) is 0 Å². The van der Waals surface area contributed by atoms with Crippen molar-refractivity contribution in [3.8, 4) is 0 Å². The molecule has 0 amide bonds. The van der Waals surface area contributed by atoms with E-state index in [1.807, 2.05) is 0 Å². The van der Waals surface area contributed by atoms with E-state index in [9.17, 15) is 4.79 Å². The van der Waals surface area contributed by atoms with Gasteiger partial charge in [-0.2, -0.15) is 0 Å². The average molecular weight is 433 g/mol. The van der Waals surface area contributed by atoms with Gasteiger partial charge in [-0.3, -0.25) is 4.79 Å². The SMILES string of the molecule is C=CCOCCOCCOCCOCCOCCOC(=O)CCCCCCCCC. The van der Waals surface area contributed by atoms with E-state index in [2.05, 4.69) is 13.5 Å². The number of hydrogen-bond donors (Lipinski definition) is 0. The van der Waals surface area contributed by atoms with Crippen LogP contribution in [0.3, 0.4) is 0 Å². The fourth-order valence-corrected chi connectivity index (χ4v) is 2.56. The molecule has 0 rings (SSSR count). The van der Waals surface area contributed by atoms with Crippen LogP contribution in [0.2, 0.25) is 0 Å². The van der Waals surface area contributed by atoms with E-state index in [1.54, 1.807) is 6.08 Å². The molecule has 178 valence electrons. The summed E-state index contributed by atoms with van der Waals surface area (Å²) in [6, 6.07) is 0. The molecule has 0 N–H and O–H groups in total. The zero-order valence-electron chi connectivity index (χ0n) is 19.1. The highest BCUT2D eigenvalue weighted by Crippen LogP contribution is 2.08. The fourth-order valence-electron chi connectivity index (χ4n) is 2.56. The van der Waals surface area contributed by atoms with Crippen LogP contribution in [-0.2, 0) is 33.2 Å². The zero-order chi connectivity index (χ0) is 22.0. The normalized spacial score (nSPS) is 11.0. The molecule has 0 aliphatic heterocycles. The highest BCUT2D eigenvalue weighted by Gasteiger charge is 2.02. The topological polar surface area (TPSA) is 72.5 Å². The number of esters is 1. The fraction of sp³-hybridized carbons (Fsp3) is 0.870. The third kappa shape index (κ3) is 25.0. The summed E-state index contributed by atoms with van der Waals surface area (Å²) in [4.78, 5) is 11.6. The van der Waals surface area contributed by atoms with Gasteiger partial charge < -0.3 is 28.4 Å². The minimum absolute atomic E-state index is 0.131. The molecule has 0 aliphatic carbocycles. The summed E-state index contributed by atoms with van der Waals surface area (Å²) in [5.41, 5.74) is 0. The van der Waals surface area contributed by atoms with Gasteiger partial charge in [-0.15, -0.1) is 6.58 Å². The Bertz CT molecular complexity index is 363. The lowest BCUT2D eigenvalue weighted by atomic mass is 10.1. The van der Waals surface area contributed by atoms with E-state index in [0.29, 0.717) is 79.1 Å². The number of carbonyl (C=O) groups is 1. The molecule has 0 saturated heterocycles. The van der Waals surface area contributed by atoms with E-state index in [4.69, 9.17) is 28.4 Å². The van der Waals surface area contributed by atoms with Crippen LogP contribution in [-0.4, -0.2) is 78.6 Å². The first-order chi connectivity index (χ1) is 14.8. The Balaban J connectivity index is 3.11. The van der Waals surface area contributed by atoms with E-state index >= 15 is 0 Å². The minimum atomic E-state index is -0.131. The molecule has 0 unspecified atom stereocenters. The minimum Gasteiger partial charge on any atom is -0.463 e. The van der Waals surface area contributed by atoms with Gasteiger partial charge in [-0.25, -0.2) is 0 Å². The maximum absolute atomic E-state index is 11.6. The molecule has 0 aromatic carbocycles. The Morgan fingerprint density at radius 1 is 0.633 bits per heavy atom. The highest BCUT2D eigenvalue weighted by atomic mass is 16.6. The quantitative estimate of drug-likeness (QED) is 0.123. The van der Waals surface area contributed by atoms with Crippen molar-refractivity contribution < 1.29 is 33.2 Å². The lowest BCUT2D eigenvalue weighted by Crippen LogP contribution is -2.15. The van der Waals surface area contributed by atoms with Gasteiger partial charge in [0.25, 0.3) is 0 Å². The summed E-state index contributed by atoms with van der Waals surface area (Å²) in [6.45, 7) is 11.2. The molecule has 0 atom stereocenters. The van der Waals surface area contributed by atoms with Crippen LogP contribution in [0.15, 0.2) is 12.7 Å². The molecule has 0 aromatic heterocycles. The number of hydrogen-bond acceptors (Lipinski definition) is 7. The first-order valence-electron chi connectivity index (χ1n) is 11.5. The summed E-state index contributed by atoms with van der Waals surface area (Å²) in [6.07, 6.45) is 10.6. The van der Waals surface area contributed by atoms with Crippen molar-refractivity contribution in [2.75, 3.05) is 72.7 Å². The van der Waals surface area contributed by atoms with Gasteiger partial charge in [0, 0.05) is 6.42 Å². The van der Waals surface area contributed by atoms with Gasteiger partial charge in [-0.1, -0.05) is 51.5 Å². The molecule has 0 aliphatic rings. The molecule has 0 spiro atoms. The molecule has 0 aromatic rings. The average Bonchev–Trinajstić information content (AvgIpc) is 2.75. The molecule has 0 bridgehead atoms. The lowest BCUT2D eigenvalue weighted by molar-refractivity contribution is -0.145. The van der Waals surface area contributed by atoms with Gasteiger partial charge in [0.05, 0.1) is 66.1 Å². The predicted octanol–water partition coefficient (Wildman–Crippen LogP) is 3.94. The Morgan fingerprint density at radius 2 is 1.07 bits per heavy atom. The second-order valence-electron chi connectivity index (χ2n) is 6.90. The molecule has 7 heteroatoms. The summed E-state index contributed by atoms with van der Waals surface area (Å²) in [5, 5.41) is 0. The first kappa shape index (κ1) is 29.0. The lowest BCUT2D eigenvalue weighted by Gasteiger charge is -2.08. The summed E-state index contributed by atoms with van der Waals surface area (Å²) < 4.78 is 31.9. The third-order valence-corrected chi connectivity index (χ3v) is 4.20. The standard InChI is InChI=1S/C23H44O7/c1-3-5-6-7-8-9-10-11-23(24)30-22-21-29-20-19-28-18-17-27-16-15-26-14-13-25-12-4-2/h4H,2-3,5-22H2,1H3. The Labute approximate surface area is 183 Å². The van der Waals surface area contributed by atoms with E-state index in [0.717, 1.165) is 12.8 Å². The van der Waals surface area contributed by atoms with Crippen molar-refractivity contribution in [1.29, 1.82) is 0 Å². The number of carbonyl (C=O) groups excluding carboxylic acids is 1. The predicted molar refractivity (Wildman–Crippen MR) is 118 cm³/mol. The van der Waals surface area contributed by atoms with Crippen LogP contribution in [0, 0.1) is 0 Å². The maximum Gasteiger partial charge on any atom is 0.305 e. The molecule has 0 radical (unpaired) electrons. The second kappa shape index (κ2) is 26.0. The van der Waals surface area contributed by atoms with Gasteiger partial charge in [0.1, 0.15) is 6.61 Å². The van der Waals surface area contributed by atoms with Crippen LogP contribution in [0.4, 0.5) is 0 Å². The van der Waals surface area contributed by atoms with Gasteiger partial charge in [0.15, 0.2) is 0 Å². The number of unbranched alkanes of at least 4 members (excludes halogenated alkanes) is 6. The highest BCUT2D eigenvalue weighted by molar-refractivity contribution is 5.69. The van der Waals surface area contributed by atoms with Crippen molar-refractivity contribution in [3.05, 3.63) is 12.7 Å². The molecular formula is C23H44O7. The van der Waals surface area contributed by atoms with Crippen molar-refractivity contribution in [2.45, 2.75) is 58.3 Å². The molecule has 0 saturated carbocycles. The second-order valence-corrected chi connectivity index (χ2v) is 6.90. The Hall–Kier alpha value is -0.990. The largest absolute Gasteiger partial charge is 0.463 e. The van der Waals surface area contributed by atoms with Crippen LogP contribution in [0.1, 0.15) is 58.3 Å². The molecule has 0 fully saturated rings. The first-order valence-corrected chi connectivity index (χ1v) is 11.5. The monoisotopic (exact) mass is 432 g/mol. The van der Waals surface area contributed by atoms with Crippen molar-refractivity contribution in [2.24, 2.45) is 0 Å². The summed E-state index contributed by atoms with van der Waals surface area (Å²) in [7, 11) is 0. The van der Waals surface area contributed by atoms with Crippen LogP contribution in [0.25, 0.3) is 0 Å². The third-order valence-electron chi connectivity index (χ3n) is 4.20. The number of rotatable bonds is 25. The van der Waals surface area contributed by atoms with E-state index < -0.39 is 0 Å². The maximum atomic E-state index is 11.6. The zero-order valence-corrected chi connectivity index (χ0v) is 19.1. The van der Waals surface area contributed by atoms with Crippen LogP contribution >= 0.6 is 0 Å². The summed E-state index contributed by atoms with van der Waals surface area (Å²) >= 11 is 0. The van der Waals surface area contributed by atoms with E-state index in [1.165, 1.54) is 32.1 Å². The Kier molecular flexibility index (Phi) is 25.2. The molecular weight excluding hydrogens is 388 g/mol. The Morgan fingerprint density at radius 3 is 1.57 bits per heavy atom.